The zero-order valence-electron chi connectivity index (χ0n) is 12.9. The molecule has 0 amide bonds. The van der Waals surface area contributed by atoms with Crippen LogP contribution in [0.1, 0.15) is 50.1 Å². The molecule has 4 heteroatoms. The van der Waals surface area contributed by atoms with E-state index in [1.807, 2.05) is 0 Å². The van der Waals surface area contributed by atoms with Gasteiger partial charge >= 0.3 is 0 Å². The molecule has 1 aromatic carbocycles. The van der Waals surface area contributed by atoms with Crippen LogP contribution >= 0.6 is 0 Å². The van der Waals surface area contributed by atoms with Crippen molar-refractivity contribution in [2.24, 2.45) is 0 Å². The summed E-state index contributed by atoms with van der Waals surface area (Å²) in [4.78, 5) is 7.13. The van der Waals surface area contributed by atoms with Gasteiger partial charge in [0.2, 0.25) is 11.7 Å². The van der Waals surface area contributed by atoms with E-state index in [0.29, 0.717) is 11.9 Å². The van der Waals surface area contributed by atoms with Gasteiger partial charge in [0.1, 0.15) is 0 Å². The van der Waals surface area contributed by atoms with Gasteiger partial charge in [0.25, 0.3) is 0 Å². The SMILES string of the molecule is CCCN1CCCC[C@@H]1c1nc(-c2ccc(C)cc2)no1. The topological polar surface area (TPSA) is 42.2 Å². The van der Waals surface area contributed by atoms with Crippen LogP contribution < -0.4 is 0 Å². The lowest BCUT2D eigenvalue weighted by Gasteiger charge is -2.32. The number of nitrogens with zero attached hydrogens (tertiary/aromatic N) is 3. The van der Waals surface area contributed by atoms with Crippen molar-refractivity contribution in [2.75, 3.05) is 13.1 Å². The number of benzene rings is 1. The van der Waals surface area contributed by atoms with Crippen molar-refractivity contribution in [1.82, 2.24) is 15.0 Å². The highest BCUT2D eigenvalue weighted by molar-refractivity contribution is 5.54. The fourth-order valence-electron chi connectivity index (χ4n) is 3.02. The van der Waals surface area contributed by atoms with E-state index in [1.165, 1.54) is 18.4 Å². The number of hydrogen-bond donors (Lipinski definition) is 0. The van der Waals surface area contributed by atoms with Crippen molar-refractivity contribution in [3.63, 3.8) is 0 Å². The fourth-order valence-corrected chi connectivity index (χ4v) is 3.02. The van der Waals surface area contributed by atoms with E-state index in [0.717, 1.165) is 37.4 Å². The molecule has 3 rings (SSSR count). The molecule has 0 radical (unpaired) electrons. The largest absolute Gasteiger partial charge is 0.337 e. The van der Waals surface area contributed by atoms with E-state index in [4.69, 9.17) is 4.52 Å². The maximum atomic E-state index is 5.56. The van der Waals surface area contributed by atoms with Crippen LogP contribution in [-0.4, -0.2) is 28.1 Å². The Morgan fingerprint density at radius 3 is 2.81 bits per heavy atom. The first-order chi connectivity index (χ1) is 10.3. The van der Waals surface area contributed by atoms with Crippen LogP contribution in [0.25, 0.3) is 11.4 Å². The molecule has 1 saturated heterocycles. The van der Waals surface area contributed by atoms with Crippen molar-refractivity contribution in [2.45, 2.75) is 45.6 Å². The third-order valence-electron chi connectivity index (χ3n) is 4.16. The summed E-state index contributed by atoms with van der Waals surface area (Å²) in [6.07, 6.45) is 4.80. The second-order valence-electron chi connectivity index (χ2n) is 5.87. The molecule has 21 heavy (non-hydrogen) atoms. The molecule has 2 aromatic rings. The van der Waals surface area contributed by atoms with Crippen LogP contribution in [0.4, 0.5) is 0 Å². The molecular weight excluding hydrogens is 262 g/mol. The number of likely N-dealkylation sites (tertiary alicyclic amines) is 1. The zero-order valence-corrected chi connectivity index (χ0v) is 12.9. The number of aromatic nitrogens is 2. The van der Waals surface area contributed by atoms with Gasteiger partial charge in [0, 0.05) is 5.56 Å². The predicted molar refractivity (Wildman–Crippen MR) is 82.9 cm³/mol. The average molecular weight is 285 g/mol. The third-order valence-corrected chi connectivity index (χ3v) is 4.16. The first-order valence-electron chi connectivity index (χ1n) is 7.92. The lowest BCUT2D eigenvalue weighted by molar-refractivity contribution is 0.119. The summed E-state index contributed by atoms with van der Waals surface area (Å²) < 4.78 is 5.56. The molecule has 1 aromatic heterocycles. The molecule has 4 nitrogen and oxygen atoms in total. The molecule has 0 bridgehead atoms. The standard InChI is InChI=1S/C17H23N3O/c1-3-11-20-12-5-4-6-15(20)17-18-16(19-21-17)14-9-7-13(2)8-10-14/h7-10,15H,3-6,11-12H2,1-2H3/t15-/m1/s1. The molecule has 1 atom stereocenters. The number of rotatable bonds is 4. The summed E-state index contributed by atoms with van der Waals surface area (Å²) in [7, 11) is 0. The zero-order chi connectivity index (χ0) is 14.7. The smallest absolute Gasteiger partial charge is 0.244 e. The Balaban J connectivity index is 1.81. The minimum absolute atomic E-state index is 0.297. The second kappa shape index (κ2) is 6.39. The van der Waals surface area contributed by atoms with Crippen LogP contribution in [0.5, 0.6) is 0 Å². The molecule has 112 valence electrons. The number of hydrogen-bond acceptors (Lipinski definition) is 4. The molecule has 1 aliphatic heterocycles. The summed E-state index contributed by atoms with van der Waals surface area (Å²) >= 11 is 0. The highest BCUT2D eigenvalue weighted by Gasteiger charge is 2.28. The molecule has 2 heterocycles. The van der Waals surface area contributed by atoms with Crippen LogP contribution in [-0.2, 0) is 0 Å². The Bertz CT molecular complexity index is 574. The Kier molecular flexibility index (Phi) is 4.34. The van der Waals surface area contributed by atoms with Crippen LogP contribution in [0.2, 0.25) is 0 Å². The molecule has 0 unspecified atom stereocenters. The summed E-state index contributed by atoms with van der Waals surface area (Å²) in [6.45, 7) is 6.54. The first-order valence-corrected chi connectivity index (χ1v) is 7.92. The van der Waals surface area contributed by atoms with Crippen molar-refractivity contribution in [3.05, 3.63) is 35.7 Å². The van der Waals surface area contributed by atoms with Crippen LogP contribution in [0.15, 0.2) is 28.8 Å². The number of aryl methyl sites for hydroxylation is 1. The highest BCUT2D eigenvalue weighted by Crippen LogP contribution is 2.31. The molecule has 0 spiro atoms. The molecule has 0 saturated carbocycles. The van der Waals surface area contributed by atoms with Gasteiger partial charge in [-0.15, -0.1) is 0 Å². The van der Waals surface area contributed by atoms with Crippen molar-refractivity contribution >= 4 is 0 Å². The fraction of sp³-hybridized carbons (Fsp3) is 0.529. The summed E-state index contributed by atoms with van der Waals surface area (Å²) in [6, 6.07) is 8.55. The highest BCUT2D eigenvalue weighted by atomic mass is 16.5. The minimum atomic E-state index is 0.297. The quantitative estimate of drug-likeness (QED) is 0.852. The van der Waals surface area contributed by atoms with E-state index < -0.39 is 0 Å². The lowest BCUT2D eigenvalue weighted by Crippen LogP contribution is -2.34. The normalized spacial score (nSPS) is 19.8. The van der Waals surface area contributed by atoms with Crippen molar-refractivity contribution < 1.29 is 4.52 Å². The summed E-state index contributed by atoms with van der Waals surface area (Å²) in [5.41, 5.74) is 2.26. The van der Waals surface area contributed by atoms with Crippen LogP contribution in [0, 0.1) is 6.92 Å². The van der Waals surface area contributed by atoms with Gasteiger partial charge < -0.3 is 4.52 Å². The molecule has 1 fully saturated rings. The maximum Gasteiger partial charge on any atom is 0.244 e. The predicted octanol–water partition coefficient (Wildman–Crippen LogP) is 3.98. The Labute approximate surface area is 126 Å². The Hall–Kier alpha value is -1.68. The van der Waals surface area contributed by atoms with Crippen molar-refractivity contribution in [3.8, 4) is 11.4 Å². The van der Waals surface area contributed by atoms with Gasteiger partial charge in [-0.2, -0.15) is 4.98 Å². The van der Waals surface area contributed by atoms with Gasteiger partial charge in [0.05, 0.1) is 6.04 Å². The lowest BCUT2D eigenvalue weighted by atomic mass is 10.0. The molecule has 0 N–H and O–H groups in total. The third kappa shape index (κ3) is 3.16. The van der Waals surface area contributed by atoms with E-state index in [1.54, 1.807) is 0 Å². The Morgan fingerprint density at radius 2 is 2.05 bits per heavy atom. The maximum absolute atomic E-state index is 5.56. The van der Waals surface area contributed by atoms with Gasteiger partial charge in [-0.25, -0.2) is 0 Å². The van der Waals surface area contributed by atoms with E-state index in [-0.39, 0.29) is 0 Å². The minimum Gasteiger partial charge on any atom is -0.337 e. The first kappa shape index (κ1) is 14.3. The summed E-state index contributed by atoms with van der Waals surface area (Å²) in [5.74, 6) is 1.48. The van der Waals surface area contributed by atoms with Crippen molar-refractivity contribution in [1.29, 1.82) is 0 Å². The average Bonchev–Trinajstić information content (AvgIpc) is 2.99. The molecular formula is C17H23N3O. The van der Waals surface area contributed by atoms with Gasteiger partial charge in [-0.1, -0.05) is 48.3 Å². The molecule has 0 aliphatic carbocycles. The van der Waals surface area contributed by atoms with Gasteiger partial charge in [-0.05, 0) is 39.3 Å². The van der Waals surface area contributed by atoms with E-state index in [2.05, 4.69) is 53.2 Å². The monoisotopic (exact) mass is 285 g/mol. The second-order valence-corrected chi connectivity index (χ2v) is 5.87. The molecule has 1 aliphatic rings. The van der Waals surface area contributed by atoms with E-state index >= 15 is 0 Å². The summed E-state index contributed by atoms with van der Waals surface area (Å²) in [5, 5.41) is 4.17. The Morgan fingerprint density at radius 1 is 1.24 bits per heavy atom. The van der Waals surface area contributed by atoms with Gasteiger partial charge in [-0.3, -0.25) is 4.90 Å². The van der Waals surface area contributed by atoms with E-state index in [9.17, 15) is 0 Å². The van der Waals surface area contributed by atoms with Gasteiger partial charge in [0.15, 0.2) is 0 Å². The number of piperidine rings is 1. The van der Waals surface area contributed by atoms with Crippen LogP contribution in [0.3, 0.4) is 0 Å².